The van der Waals surface area contributed by atoms with Gasteiger partial charge in [0, 0.05) is 21.8 Å². The van der Waals surface area contributed by atoms with E-state index in [2.05, 4.69) is 21.2 Å². The van der Waals surface area contributed by atoms with Crippen molar-refractivity contribution >= 4 is 33.6 Å². The maximum absolute atomic E-state index is 12.1. The number of carbonyl (C=O) groups is 1. The molecule has 120 valence electrons. The van der Waals surface area contributed by atoms with Crippen LogP contribution >= 0.6 is 15.9 Å². The highest BCUT2D eigenvalue weighted by atomic mass is 79.9. The van der Waals surface area contributed by atoms with E-state index in [-0.39, 0.29) is 5.91 Å². The van der Waals surface area contributed by atoms with Crippen molar-refractivity contribution in [3.63, 3.8) is 0 Å². The van der Waals surface area contributed by atoms with Gasteiger partial charge in [-0.25, -0.2) is 0 Å². The molecule has 0 unspecified atom stereocenters. The van der Waals surface area contributed by atoms with Crippen LogP contribution < -0.4 is 5.32 Å². The summed E-state index contributed by atoms with van der Waals surface area (Å²) in [6.07, 6.45) is 3.13. The summed E-state index contributed by atoms with van der Waals surface area (Å²) >= 11 is 3.45. The molecule has 1 aromatic heterocycles. The monoisotopic (exact) mass is 381 g/mol. The molecule has 3 rings (SSSR count). The van der Waals surface area contributed by atoms with E-state index in [1.54, 1.807) is 6.08 Å². The highest BCUT2D eigenvalue weighted by Gasteiger charge is 2.05. The fourth-order valence-corrected chi connectivity index (χ4v) is 2.64. The summed E-state index contributed by atoms with van der Waals surface area (Å²) in [7, 11) is 0. The number of furan rings is 1. The lowest BCUT2D eigenvalue weighted by atomic mass is 10.2. The zero-order chi connectivity index (χ0) is 16.9. The first-order chi connectivity index (χ1) is 11.6. The van der Waals surface area contributed by atoms with E-state index >= 15 is 0 Å². The minimum absolute atomic E-state index is 0.200. The molecule has 3 nitrogen and oxygen atoms in total. The number of rotatable bonds is 4. The Balaban J connectivity index is 1.69. The summed E-state index contributed by atoms with van der Waals surface area (Å²) in [5.74, 6) is 1.21. The van der Waals surface area contributed by atoms with E-state index in [1.807, 2.05) is 67.6 Å². The number of hydrogen-bond acceptors (Lipinski definition) is 2. The summed E-state index contributed by atoms with van der Waals surface area (Å²) in [6, 6.07) is 19.3. The van der Waals surface area contributed by atoms with Gasteiger partial charge in [-0.1, -0.05) is 52.3 Å². The molecule has 1 heterocycles. The van der Waals surface area contributed by atoms with Crippen molar-refractivity contribution in [3.8, 4) is 11.3 Å². The van der Waals surface area contributed by atoms with Crippen LogP contribution in [0.5, 0.6) is 0 Å². The van der Waals surface area contributed by atoms with Crippen molar-refractivity contribution in [2.24, 2.45) is 0 Å². The molecular weight excluding hydrogens is 366 g/mol. The number of benzene rings is 2. The smallest absolute Gasteiger partial charge is 0.248 e. The van der Waals surface area contributed by atoms with Gasteiger partial charge < -0.3 is 9.73 Å². The van der Waals surface area contributed by atoms with Gasteiger partial charge in [0.2, 0.25) is 5.91 Å². The average molecular weight is 382 g/mol. The first kappa shape index (κ1) is 16.3. The quantitative estimate of drug-likeness (QED) is 0.591. The van der Waals surface area contributed by atoms with Crippen molar-refractivity contribution < 1.29 is 9.21 Å². The normalized spacial score (nSPS) is 10.9. The van der Waals surface area contributed by atoms with Crippen molar-refractivity contribution in [2.75, 3.05) is 5.32 Å². The van der Waals surface area contributed by atoms with Crippen molar-refractivity contribution in [1.82, 2.24) is 0 Å². The Hall–Kier alpha value is -2.59. The molecule has 1 N–H and O–H groups in total. The molecule has 0 aliphatic rings. The summed E-state index contributed by atoms with van der Waals surface area (Å²) < 4.78 is 6.70. The highest BCUT2D eigenvalue weighted by Crippen LogP contribution is 2.24. The highest BCUT2D eigenvalue weighted by molar-refractivity contribution is 9.10. The van der Waals surface area contributed by atoms with Gasteiger partial charge >= 0.3 is 0 Å². The summed E-state index contributed by atoms with van der Waals surface area (Å²) in [4.78, 5) is 12.1. The molecular formula is C20H16BrNO2. The fourth-order valence-electron chi connectivity index (χ4n) is 2.28. The minimum Gasteiger partial charge on any atom is -0.457 e. The van der Waals surface area contributed by atoms with Gasteiger partial charge in [-0.15, -0.1) is 0 Å². The van der Waals surface area contributed by atoms with Gasteiger partial charge in [0.15, 0.2) is 0 Å². The third-order valence-electron chi connectivity index (χ3n) is 3.61. The number of nitrogens with one attached hydrogen (secondary N) is 1. The second-order valence-corrected chi connectivity index (χ2v) is 6.16. The Morgan fingerprint density at radius 2 is 1.83 bits per heavy atom. The molecule has 0 aliphatic heterocycles. The molecule has 2 aromatic carbocycles. The van der Waals surface area contributed by atoms with Gasteiger partial charge in [0.05, 0.1) is 0 Å². The lowest BCUT2D eigenvalue weighted by Crippen LogP contribution is -2.08. The van der Waals surface area contributed by atoms with Crippen LogP contribution in [0.4, 0.5) is 5.69 Å². The average Bonchev–Trinajstić information content (AvgIpc) is 3.07. The number of hydrogen-bond donors (Lipinski definition) is 1. The van der Waals surface area contributed by atoms with Crippen LogP contribution in [0.3, 0.4) is 0 Å². The Labute approximate surface area is 149 Å². The summed E-state index contributed by atoms with van der Waals surface area (Å²) in [6.45, 7) is 1.95. The van der Waals surface area contributed by atoms with Crippen molar-refractivity contribution in [2.45, 2.75) is 6.92 Å². The molecule has 4 heteroatoms. The Morgan fingerprint density at radius 3 is 2.62 bits per heavy atom. The lowest BCUT2D eigenvalue weighted by molar-refractivity contribution is -0.111. The first-order valence-electron chi connectivity index (χ1n) is 7.53. The topological polar surface area (TPSA) is 42.2 Å². The van der Waals surface area contributed by atoms with Gasteiger partial charge in [-0.2, -0.15) is 0 Å². The molecule has 0 aliphatic carbocycles. The fraction of sp³-hybridized carbons (Fsp3) is 0.0500. The Bertz CT molecular complexity index is 882. The molecule has 0 spiro atoms. The van der Waals surface area contributed by atoms with E-state index < -0.39 is 0 Å². The van der Waals surface area contributed by atoms with E-state index in [1.165, 1.54) is 6.08 Å². The molecule has 0 fully saturated rings. The largest absolute Gasteiger partial charge is 0.457 e. The van der Waals surface area contributed by atoms with Gasteiger partial charge in [-0.3, -0.25) is 4.79 Å². The summed E-state index contributed by atoms with van der Waals surface area (Å²) in [5, 5.41) is 2.86. The maximum Gasteiger partial charge on any atom is 0.248 e. The molecule has 0 saturated heterocycles. The number of carbonyl (C=O) groups excluding carboxylic acids is 1. The van der Waals surface area contributed by atoms with Crippen LogP contribution in [0.1, 0.15) is 11.3 Å². The molecule has 3 aromatic rings. The van der Waals surface area contributed by atoms with Gasteiger partial charge in [0.1, 0.15) is 11.5 Å². The first-order valence-corrected chi connectivity index (χ1v) is 8.32. The van der Waals surface area contributed by atoms with Crippen LogP contribution in [-0.2, 0) is 4.79 Å². The third kappa shape index (κ3) is 3.84. The van der Waals surface area contributed by atoms with Gasteiger partial charge in [-0.05, 0) is 42.8 Å². The van der Waals surface area contributed by atoms with E-state index in [0.717, 1.165) is 27.0 Å². The molecule has 0 saturated carbocycles. The second-order valence-electron chi connectivity index (χ2n) is 5.30. The molecule has 1 amide bonds. The standard InChI is InChI=1S/C20H16BrNO2/c1-14-17(21)8-5-9-18(14)22-20(23)13-11-16-10-12-19(24-16)15-6-3-2-4-7-15/h2-13H,1H3,(H,22,23). The molecule has 24 heavy (non-hydrogen) atoms. The predicted molar refractivity (Wildman–Crippen MR) is 101 cm³/mol. The Kier molecular flexibility index (Phi) is 4.96. The van der Waals surface area contributed by atoms with Crippen LogP contribution in [0.2, 0.25) is 0 Å². The zero-order valence-corrected chi connectivity index (χ0v) is 14.7. The van der Waals surface area contributed by atoms with Crippen LogP contribution in [0, 0.1) is 6.92 Å². The van der Waals surface area contributed by atoms with Crippen molar-refractivity contribution in [1.29, 1.82) is 0 Å². The maximum atomic E-state index is 12.1. The molecule has 0 atom stereocenters. The number of halogens is 1. The van der Waals surface area contributed by atoms with E-state index in [4.69, 9.17) is 4.42 Å². The van der Waals surface area contributed by atoms with Crippen LogP contribution in [0.15, 0.2) is 75.6 Å². The van der Waals surface area contributed by atoms with Crippen LogP contribution in [-0.4, -0.2) is 5.91 Å². The zero-order valence-electron chi connectivity index (χ0n) is 13.1. The van der Waals surface area contributed by atoms with Crippen molar-refractivity contribution in [3.05, 3.63) is 82.5 Å². The number of anilines is 1. The SMILES string of the molecule is Cc1c(Br)cccc1NC(=O)C=Cc1ccc(-c2ccccc2)o1. The lowest BCUT2D eigenvalue weighted by Gasteiger charge is -2.07. The molecule has 0 radical (unpaired) electrons. The second kappa shape index (κ2) is 7.32. The van der Waals surface area contributed by atoms with E-state index in [9.17, 15) is 4.79 Å². The predicted octanol–water partition coefficient (Wildman–Crippen LogP) is 5.67. The number of amides is 1. The molecule has 0 bridgehead atoms. The van der Waals surface area contributed by atoms with Crippen LogP contribution in [0.25, 0.3) is 17.4 Å². The van der Waals surface area contributed by atoms with E-state index in [0.29, 0.717) is 5.76 Å². The Morgan fingerprint density at radius 1 is 1.04 bits per heavy atom. The minimum atomic E-state index is -0.200. The third-order valence-corrected chi connectivity index (χ3v) is 4.47. The summed E-state index contributed by atoms with van der Waals surface area (Å²) in [5.41, 5.74) is 2.78. The van der Waals surface area contributed by atoms with Gasteiger partial charge in [0.25, 0.3) is 0 Å².